The zero-order valence-corrected chi connectivity index (χ0v) is 11.4. The van der Waals surface area contributed by atoms with Crippen molar-refractivity contribution >= 4 is 22.9 Å². The molecule has 2 aromatic rings. The number of benzene rings is 1. The third-order valence-electron chi connectivity index (χ3n) is 2.73. The summed E-state index contributed by atoms with van der Waals surface area (Å²) in [6.07, 6.45) is 0.725. The van der Waals surface area contributed by atoms with E-state index in [0.717, 1.165) is 17.0 Å². The van der Waals surface area contributed by atoms with Crippen LogP contribution in [-0.2, 0) is 6.42 Å². The number of carbonyl (C=O) groups is 1. The van der Waals surface area contributed by atoms with Crippen molar-refractivity contribution < 1.29 is 9.53 Å². The minimum absolute atomic E-state index is 0.307. The van der Waals surface area contributed by atoms with Crippen LogP contribution in [0.2, 0.25) is 0 Å². The molecular weight excluding hydrogens is 262 g/mol. The summed E-state index contributed by atoms with van der Waals surface area (Å²) < 4.78 is 5.61. The van der Waals surface area contributed by atoms with E-state index in [1.807, 2.05) is 6.92 Å². The highest BCUT2D eigenvalue weighted by molar-refractivity contribution is 7.09. The van der Waals surface area contributed by atoms with E-state index in [1.54, 1.807) is 35.0 Å². The molecule has 0 atom stereocenters. The van der Waals surface area contributed by atoms with Crippen LogP contribution in [0.5, 0.6) is 5.75 Å². The van der Waals surface area contributed by atoms with Crippen molar-refractivity contribution in [2.24, 2.45) is 5.73 Å². The smallest absolute Gasteiger partial charge is 0.252 e. The van der Waals surface area contributed by atoms with Gasteiger partial charge in [0.25, 0.3) is 5.91 Å². The number of nitrogen functional groups attached to an aromatic ring is 1. The molecule has 0 unspecified atom stereocenters. The van der Waals surface area contributed by atoms with Crippen LogP contribution >= 0.6 is 11.3 Å². The molecule has 0 spiro atoms. The molecule has 0 saturated carbocycles. The first-order valence-electron chi connectivity index (χ1n) is 5.79. The minimum atomic E-state index is -0.545. The highest BCUT2D eigenvalue weighted by Crippen LogP contribution is 2.26. The normalized spacial score (nSPS) is 10.4. The van der Waals surface area contributed by atoms with Crippen LogP contribution in [0.4, 0.5) is 5.69 Å². The van der Waals surface area contributed by atoms with E-state index in [4.69, 9.17) is 16.2 Å². The molecule has 1 aromatic heterocycles. The number of hydrogen-bond acceptors (Lipinski definition) is 5. The summed E-state index contributed by atoms with van der Waals surface area (Å²) in [4.78, 5) is 16.6. The highest BCUT2D eigenvalue weighted by atomic mass is 32.1. The van der Waals surface area contributed by atoms with Crippen LogP contribution in [0, 0.1) is 6.92 Å². The standard InChI is InChI=1S/C13H15N3O2S/c1-8-11(19-7-16-8)5-6-18-12-9(13(15)17)3-2-4-10(12)14/h2-4,7H,5-6,14H2,1H3,(H2,15,17). The second-order valence-corrected chi connectivity index (χ2v) is 4.99. The third kappa shape index (κ3) is 3.03. The molecule has 0 aliphatic heterocycles. The first kappa shape index (κ1) is 13.4. The lowest BCUT2D eigenvalue weighted by molar-refractivity contribution is 0.0996. The number of primary amides is 1. The first-order valence-corrected chi connectivity index (χ1v) is 6.67. The maximum absolute atomic E-state index is 11.3. The predicted octanol–water partition coefficient (Wildman–Crippen LogP) is 1.75. The Morgan fingerprint density at radius 3 is 2.89 bits per heavy atom. The summed E-state index contributed by atoms with van der Waals surface area (Å²) in [5.41, 5.74) is 14.6. The summed E-state index contributed by atoms with van der Waals surface area (Å²) in [5, 5.41) is 0. The van der Waals surface area contributed by atoms with Gasteiger partial charge < -0.3 is 16.2 Å². The fraction of sp³-hybridized carbons (Fsp3) is 0.231. The van der Waals surface area contributed by atoms with Crippen LogP contribution < -0.4 is 16.2 Å². The average molecular weight is 277 g/mol. The maximum Gasteiger partial charge on any atom is 0.252 e. The topological polar surface area (TPSA) is 91.2 Å². The number of nitrogens with zero attached hydrogens (tertiary/aromatic N) is 1. The quantitative estimate of drug-likeness (QED) is 0.814. The molecule has 0 radical (unpaired) electrons. The van der Waals surface area contributed by atoms with Gasteiger partial charge >= 0.3 is 0 Å². The van der Waals surface area contributed by atoms with Crippen molar-refractivity contribution in [1.82, 2.24) is 4.98 Å². The molecular formula is C13H15N3O2S. The van der Waals surface area contributed by atoms with Gasteiger partial charge in [-0.25, -0.2) is 4.98 Å². The van der Waals surface area contributed by atoms with Gasteiger partial charge in [-0.2, -0.15) is 0 Å². The van der Waals surface area contributed by atoms with Crippen LogP contribution in [0.25, 0.3) is 0 Å². The molecule has 100 valence electrons. The fourth-order valence-electron chi connectivity index (χ4n) is 1.72. The molecule has 0 bridgehead atoms. The second-order valence-electron chi connectivity index (χ2n) is 4.05. The van der Waals surface area contributed by atoms with Crippen molar-refractivity contribution in [1.29, 1.82) is 0 Å². The van der Waals surface area contributed by atoms with E-state index in [1.165, 1.54) is 0 Å². The van der Waals surface area contributed by atoms with Crippen molar-refractivity contribution in [3.8, 4) is 5.75 Å². The number of carbonyl (C=O) groups excluding carboxylic acids is 1. The fourth-order valence-corrected chi connectivity index (χ4v) is 2.48. The summed E-state index contributed by atoms with van der Waals surface area (Å²) in [6.45, 7) is 2.38. The van der Waals surface area contributed by atoms with Gasteiger partial charge in [-0.3, -0.25) is 4.79 Å². The molecule has 1 amide bonds. The minimum Gasteiger partial charge on any atom is -0.490 e. The number of aromatic nitrogens is 1. The van der Waals surface area contributed by atoms with Crippen LogP contribution in [0.1, 0.15) is 20.9 Å². The number of amides is 1. The lowest BCUT2D eigenvalue weighted by Gasteiger charge is -2.11. The van der Waals surface area contributed by atoms with Gasteiger partial charge in [-0.15, -0.1) is 11.3 Å². The van der Waals surface area contributed by atoms with Crippen molar-refractivity contribution in [2.75, 3.05) is 12.3 Å². The predicted molar refractivity (Wildman–Crippen MR) is 75.4 cm³/mol. The Balaban J connectivity index is 2.07. The molecule has 0 aliphatic carbocycles. The van der Waals surface area contributed by atoms with Crippen molar-refractivity contribution in [3.05, 3.63) is 39.8 Å². The summed E-state index contributed by atoms with van der Waals surface area (Å²) in [6, 6.07) is 4.96. The van der Waals surface area contributed by atoms with E-state index >= 15 is 0 Å². The summed E-state index contributed by atoms with van der Waals surface area (Å²) in [7, 11) is 0. The van der Waals surface area contributed by atoms with Crippen molar-refractivity contribution in [2.45, 2.75) is 13.3 Å². The van der Waals surface area contributed by atoms with Gasteiger partial charge in [0.2, 0.25) is 0 Å². The number of hydrogen-bond donors (Lipinski definition) is 2. The van der Waals surface area contributed by atoms with Gasteiger partial charge in [0.15, 0.2) is 5.75 Å². The second kappa shape index (κ2) is 5.71. The number of rotatable bonds is 5. The van der Waals surface area contributed by atoms with Gasteiger partial charge in [0, 0.05) is 11.3 Å². The Hall–Kier alpha value is -2.08. The Morgan fingerprint density at radius 2 is 2.26 bits per heavy atom. The van der Waals surface area contributed by atoms with Crippen LogP contribution in [0.3, 0.4) is 0 Å². The molecule has 5 nitrogen and oxygen atoms in total. The maximum atomic E-state index is 11.3. The van der Waals surface area contributed by atoms with E-state index in [-0.39, 0.29) is 0 Å². The molecule has 1 heterocycles. The SMILES string of the molecule is Cc1ncsc1CCOc1c(N)cccc1C(N)=O. The van der Waals surface area contributed by atoms with Gasteiger partial charge in [-0.05, 0) is 19.1 Å². The van der Waals surface area contributed by atoms with Crippen LogP contribution in [0.15, 0.2) is 23.7 Å². The highest BCUT2D eigenvalue weighted by Gasteiger charge is 2.12. The Bertz CT molecular complexity index is 595. The van der Waals surface area contributed by atoms with E-state index in [0.29, 0.717) is 23.6 Å². The molecule has 0 aliphatic rings. The lowest BCUT2D eigenvalue weighted by atomic mass is 10.1. The number of anilines is 1. The van der Waals surface area contributed by atoms with Gasteiger partial charge in [-0.1, -0.05) is 6.07 Å². The monoisotopic (exact) mass is 277 g/mol. The lowest BCUT2D eigenvalue weighted by Crippen LogP contribution is -2.15. The first-order chi connectivity index (χ1) is 9.09. The number of thiazole rings is 1. The molecule has 6 heteroatoms. The number of aryl methyl sites for hydroxylation is 1. The zero-order valence-electron chi connectivity index (χ0n) is 10.6. The van der Waals surface area contributed by atoms with E-state index in [2.05, 4.69) is 4.98 Å². The number of ether oxygens (including phenoxy) is 1. The average Bonchev–Trinajstić information content (AvgIpc) is 2.77. The van der Waals surface area contributed by atoms with E-state index < -0.39 is 5.91 Å². The Kier molecular flexibility index (Phi) is 4.01. The van der Waals surface area contributed by atoms with E-state index in [9.17, 15) is 4.79 Å². The number of para-hydroxylation sites is 1. The van der Waals surface area contributed by atoms with Gasteiger partial charge in [0.05, 0.1) is 29.1 Å². The molecule has 0 saturated heterocycles. The molecule has 4 N–H and O–H groups in total. The van der Waals surface area contributed by atoms with Crippen molar-refractivity contribution in [3.63, 3.8) is 0 Å². The summed E-state index contributed by atoms with van der Waals surface area (Å²) >= 11 is 1.59. The summed E-state index contributed by atoms with van der Waals surface area (Å²) in [5.74, 6) is -0.187. The molecule has 0 fully saturated rings. The molecule has 2 rings (SSSR count). The Morgan fingerprint density at radius 1 is 1.47 bits per heavy atom. The van der Waals surface area contributed by atoms with Gasteiger partial charge in [0.1, 0.15) is 0 Å². The largest absolute Gasteiger partial charge is 0.490 e. The third-order valence-corrected chi connectivity index (χ3v) is 3.73. The molecule has 1 aromatic carbocycles. The molecule has 19 heavy (non-hydrogen) atoms. The number of nitrogens with two attached hydrogens (primary N) is 2. The zero-order chi connectivity index (χ0) is 13.8. The van der Waals surface area contributed by atoms with Crippen LogP contribution in [-0.4, -0.2) is 17.5 Å². The Labute approximate surface area is 115 Å².